The fourth-order valence-electron chi connectivity index (χ4n) is 2.61. The number of imide groups is 1. The average molecular weight is 251 g/mol. The van der Waals surface area contributed by atoms with Gasteiger partial charge in [-0.3, -0.25) is 4.79 Å². The minimum Gasteiger partial charge on any atom is -0.323 e. The van der Waals surface area contributed by atoms with Gasteiger partial charge in [-0.25, -0.2) is 14.7 Å². The second kappa shape index (κ2) is 3.80. The third kappa shape index (κ3) is 1.55. The van der Waals surface area contributed by atoms with Crippen molar-refractivity contribution >= 4 is 28.4 Å². The van der Waals surface area contributed by atoms with Crippen LogP contribution in [0.5, 0.6) is 0 Å². The van der Waals surface area contributed by atoms with E-state index in [1.807, 2.05) is 0 Å². The molecule has 17 heavy (non-hydrogen) atoms. The average Bonchev–Trinajstić information content (AvgIpc) is 2.90. The smallest absolute Gasteiger partial charge is 0.323 e. The number of hydrogen-bond donors (Lipinski definition) is 1. The van der Waals surface area contributed by atoms with E-state index in [0.29, 0.717) is 5.13 Å². The summed E-state index contributed by atoms with van der Waals surface area (Å²) < 4.78 is 0. The number of carbonyl (C=O) groups is 2. The van der Waals surface area contributed by atoms with Gasteiger partial charge in [0, 0.05) is 11.6 Å². The first-order valence-corrected chi connectivity index (χ1v) is 6.67. The maximum atomic E-state index is 12.4. The van der Waals surface area contributed by atoms with Crippen molar-refractivity contribution < 1.29 is 9.59 Å². The summed E-state index contributed by atoms with van der Waals surface area (Å²) in [5.74, 6) is -0.128. The van der Waals surface area contributed by atoms with Crippen LogP contribution in [0.15, 0.2) is 11.6 Å². The highest BCUT2D eigenvalue weighted by molar-refractivity contribution is 7.14. The van der Waals surface area contributed by atoms with E-state index in [2.05, 4.69) is 10.3 Å². The Morgan fingerprint density at radius 3 is 2.71 bits per heavy atom. The summed E-state index contributed by atoms with van der Waals surface area (Å²) in [6.07, 6.45) is 6.24. The van der Waals surface area contributed by atoms with Gasteiger partial charge in [-0.1, -0.05) is 19.3 Å². The Bertz CT molecular complexity index is 451. The van der Waals surface area contributed by atoms with Crippen LogP contribution in [0, 0.1) is 0 Å². The molecular formula is C11H13N3O2S. The predicted octanol–water partition coefficient (Wildman–Crippen LogP) is 1.90. The molecule has 2 fully saturated rings. The molecule has 2 aliphatic rings. The van der Waals surface area contributed by atoms with Gasteiger partial charge in [-0.15, -0.1) is 11.3 Å². The van der Waals surface area contributed by atoms with Crippen LogP contribution in [0.2, 0.25) is 0 Å². The SMILES string of the molecule is O=C1NC2(CCCCC2)C(=O)N1c1nccs1. The minimum absolute atomic E-state index is 0.128. The number of rotatable bonds is 1. The molecule has 1 aliphatic heterocycles. The molecule has 3 rings (SSSR count). The number of nitrogens with one attached hydrogen (secondary N) is 1. The molecule has 0 radical (unpaired) electrons. The van der Waals surface area contributed by atoms with Crippen molar-refractivity contribution in [2.45, 2.75) is 37.6 Å². The van der Waals surface area contributed by atoms with Crippen LogP contribution in [0.1, 0.15) is 32.1 Å². The summed E-state index contributed by atoms with van der Waals surface area (Å²) in [5, 5.41) is 5.09. The van der Waals surface area contributed by atoms with Crippen LogP contribution >= 0.6 is 11.3 Å². The first-order valence-electron chi connectivity index (χ1n) is 5.79. The van der Waals surface area contributed by atoms with Crippen LogP contribution in [-0.4, -0.2) is 22.5 Å². The van der Waals surface area contributed by atoms with Crippen molar-refractivity contribution in [1.82, 2.24) is 10.3 Å². The summed E-state index contributed by atoms with van der Waals surface area (Å²) in [6, 6.07) is -0.327. The summed E-state index contributed by atoms with van der Waals surface area (Å²) in [7, 11) is 0. The van der Waals surface area contributed by atoms with E-state index in [0.717, 1.165) is 32.1 Å². The van der Waals surface area contributed by atoms with Gasteiger partial charge in [0.15, 0.2) is 0 Å². The first kappa shape index (κ1) is 10.7. The molecule has 3 amide bonds. The predicted molar refractivity (Wildman–Crippen MR) is 63.9 cm³/mol. The molecule has 1 aromatic heterocycles. The van der Waals surface area contributed by atoms with E-state index >= 15 is 0 Å². The molecule has 5 nitrogen and oxygen atoms in total. The molecule has 1 saturated heterocycles. The number of aromatic nitrogens is 1. The number of nitrogens with zero attached hydrogens (tertiary/aromatic N) is 2. The first-order chi connectivity index (χ1) is 8.23. The molecule has 1 aromatic rings. The van der Waals surface area contributed by atoms with Crippen molar-refractivity contribution in [2.75, 3.05) is 4.90 Å². The van der Waals surface area contributed by atoms with Crippen LogP contribution < -0.4 is 10.2 Å². The Morgan fingerprint density at radius 1 is 1.29 bits per heavy atom. The van der Waals surface area contributed by atoms with E-state index in [4.69, 9.17) is 0 Å². The molecule has 1 spiro atoms. The summed E-state index contributed by atoms with van der Waals surface area (Å²) >= 11 is 1.31. The van der Waals surface area contributed by atoms with Crippen molar-refractivity contribution in [3.8, 4) is 0 Å². The van der Waals surface area contributed by atoms with Gasteiger partial charge in [0.1, 0.15) is 5.54 Å². The van der Waals surface area contributed by atoms with E-state index < -0.39 is 5.54 Å². The quantitative estimate of drug-likeness (QED) is 0.775. The Balaban J connectivity index is 1.93. The number of anilines is 1. The fraction of sp³-hybridized carbons (Fsp3) is 0.545. The molecule has 0 atom stereocenters. The zero-order chi connectivity index (χ0) is 11.9. The van der Waals surface area contributed by atoms with Crippen molar-refractivity contribution in [3.05, 3.63) is 11.6 Å². The molecule has 1 N–H and O–H groups in total. The van der Waals surface area contributed by atoms with Crippen LogP contribution in [0.25, 0.3) is 0 Å². The Labute approximate surface area is 103 Å². The van der Waals surface area contributed by atoms with E-state index in [1.165, 1.54) is 16.2 Å². The molecule has 0 unspecified atom stereocenters. The molecule has 6 heteroatoms. The maximum absolute atomic E-state index is 12.4. The highest BCUT2D eigenvalue weighted by atomic mass is 32.1. The third-order valence-corrected chi connectivity index (χ3v) is 4.24. The monoisotopic (exact) mass is 251 g/mol. The van der Waals surface area contributed by atoms with Crippen molar-refractivity contribution in [3.63, 3.8) is 0 Å². The lowest BCUT2D eigenvalue weighted by Gasteiger charge is -2.30. The number of carbonyl (C=O) groups excluding carboxylic acids is 2. The molecule has 90 valence electrons. The molecular weight excluding hydrogens is 238 g/mol. The summed E-state index contributed by atoms with van der Waals surface area (Å²) in [5.41, 5.74) is -0.652. The zero-order valence-electron chi connectivity index (χ0n) is 9.31. The standard InChI is InChI=1S/C11H13N3O2S/c15-8-11(4-2-1-3-5-11)13-9(16)14(8)10-12-6-7-17-10/h6-7H,1-5H2,(H,13,16). The van der Waals surface area contributed by atoms with Crippen molar-refractivity contribution in [2.24, 2.45) is 0 Å². The lowest BCUT2D eigenvalue weighted by Crippen LogP contribution is -2.48. The molecule has 2 heterocycles. The van der Waals surface area contributed by atoms with Gasteiger partial charge >= 0.3 is 6.03 Å². The van der Waals surface area contributed by atoms with E-state index in [9.17, 15) is 9.59 Å². The summed E-state index contributed by atoms with van der Waals surface area (Å²) in [6.45, 7) is 0. The van der Waals surface area contributed by atoms with E-state index in [-0.39, 0.29) is 11.9 Å². The van der Waals surface area contributed by atoms with Gasteiger partial charge in [-0.2, -0.15) is 0 Å². The van der Waals surface area contributed by atoms with Crippen LogP contribution in [0.4, 0.5) is 9.93 Å². The second-order valence-electron chi connectivity index (χ2n) is 4.53. The Hall–Kier alpha value is -1.43. The van der Waals surface area contributed by atoms with E-state index in [1.54, 1.807) is 11.6 Å². The topological polar surface area (TPSA) is 62.3 Å². The Morgan fingerprint density at radius 2 is 2.06 bits per heavy atom. The normalized spacial score (nSPS) is 23.2. The van der Waals surface area contributed by atoms with Crippen molar-refractivity contribution in [1.29, 1.82) is 0 Å². The molecule has 0 aromatic carbocycles. The van der Waals surface area contributed by atoms with Gasteiger partial charge in [0.2, 0.25) is 5.13 Å². The third-order valence-electron chi connectivity index (χ3n) is 3.48. The maximum Gasteiger partial charge on any atom is 0.331 e. The number of thiazole rings is 1. The molecule has 0 bridgehead atoms. The minimum atomic E-state index is -0.652. The lowest BCUT2D eigenvalue weighted by atomic mass is 9.82. The largest absolute Gasteiger partial charge is 0.331 e. The fourth-order valence-corrected chi connectivity index (χ4v) is 3.25. The molecule has 1 saturated carbocycles. The summed E-state index contributed by atoms with van der Waals surface area (Å²) in [4.78, 5) is 29.5. The van der Waals surface area contributed by atoms with Crippen LogP contribution in [-0.2, 0) is 4.79 Å². The van der Waals surface area contributed by atoms with Gasteiger partial charge in [0.05, 0.1) is 0 Å². The zero-order valence-corrected chi connectivity index (χ0v) is 10.1. The number of urea groups is 1. The molecule has 1 aliphatic carbocycles. The highest BCUT2D eigenvalue weighted by Crippen LogP contribution is 2.36. The second-order valence-corrected chi connectivity index (χ2v) is 5.40. The van der Waals surface area contributed by atoms with Gasteiger partial charge < -0.3 is 5.32 Å². The highest BCUT2D eigenvalue weighted by Gasteiger charge is 2.52. The van der Waals surface area contributed by atoms with Gasteiger partial charge in [-0.05, 0) is 12.8 Å². The Kier molecular flexibility index (Phi) is 2.39. The van der Waals surface area contributed by atoms with Crippen LogP contribution in [0.3, 0.4) is 0 Å². The van der Waals surface area contributed by atoms with Gasteiger partial charge in [0.25, 0.3) is 5.91 Å². The lowest BCUT2D eigenvalue weighted by molar-refractivity contribution is -0.123. The number of amides is 3. The number of hydrogen-bond acceptors (Lipinski definition) is 4.